The third-order valence-corrected chi connectivity index (χ3v) is 3.39. The van der Waals surface area contributed by atoms with Crippen LogP contribution in [0, 0.1) is 6.92 Å². The van der Waals surface area contributed by atoms with E-state index in [4.69, 9.17) is 13.9 Å². The summed E-state index contributed by atoms with van der Waals surface area (Å²) in [4.78, 5) is 34.9. The van der Waals surface area contributed by atoms with Gasteiger partial charge in [-0.2, -0.15) is 0 Å². The minimum Gasteiger partial charge on any atom is -0.497 e. The summed E-state index contributed by atoms with van der Waals surface area (Å²) in [5.74, 6) is -1.01. The van der Waals surface area contributed by atoms with Crippen LogP contribution in [0.25, 0.3) is 11.0 Å². The van der Waals surface area contributed by atoms with E-state index in [9.17, 15) is 14.4 Å². The van der Waals surface area contributed by atoms with Crippen molar-refractivity contribution in [3.8, 4) is 5.75 Å². The first kappa shape index (κ1) is 17.3. The summed E-state index contributed by atoms with van der Waals surface area (Å²) < 4.78 is 20.0. The molecule has 24 heavy (non-hydrogen) atoms. The lowest BCUT2D eigenvalue weighted by Crippen LogP contribution is -2.39. The fraction of sp³-hybridized carbons (Fsp3) is 0.312. The summed E-state index contributed by atoms with van der Waals surface area (Å²) in [5.41, 5.74) is 1.06. The summed E-state index contributed by atoms with van der Waals surface area (Å²) >= 11 is 0. The molecule has 1 N–H and O–H groups in total. The van der Waals surface area contributed by atoms with Crippen LogP contribution < -0.4 is 10.1 Å². The highest BCUT2D eigenvalue weighted by Crippen LogP contribution is 2.29. The van der Waals surface area contributed by atoms with Crippen LogP contribution in [-0.4, -0.2) is 38.3 Å². The van der Waals surface area contributed by atoms with Crippen LogP contribution in [-0.2, 0) is 14.3 Å². The van der Waals surface area contributed by atoms with Crippen molar-refractivity contribution < 1.29 is 33.0 Å². The fourth-order valence-corrected chi connectivity index (χ4v) is 2.04. The van der Waals surface area contributed by atoms with Gasteiger partial charge in [-0.15, -0.1) is 0 Å². The molecular formula is C16H17NO7. The Morgan fingerprint density at radius 2 is 1.92 bits per heavy atom. The molecular weight excluding hydrogens is 318 g/mol. The summed E-state index contributed by atoms with van der Waals surface area (Å²) in [6.07, 6.45) is -2.13. The molecule has 0 radical (unpaired) electrons. The van der Waals surface area contributed by atoms with Gasteiger partial charge in [-0.3, -0.25) is 10.1 Å². The van der Waals surface area contributed by atoms with Crippen LogP contribution in [0.2, 0.25) is 0 Å². The van der Waals surface area contributed by atoms with Crippen molar-refractivity contribution in [2.45, 2.75) is 20.0 Å². The van der Waals surface area contributed by atoms with Crippen molar-refractivity contribution in [2.75, 3.05) is 14.2 Å². The van der Waals surface area contributed by atoms with E-state index in [-0.39, 0.29) is 5.76 Å². The Kier molecular flexibility index (Phi) is 5.08. The first-order chi connectivity index (χ1) is 11.4. The zero-order chi connectivity index (χ0) is 17.9. The molecule has 0 saturated carbocycles. The van der Waals surface area contributed by atoms with E-state index in [0.717, 1.165) is 7.11 Å². The van der Waals surface area contributed by atoms with E-state index in [2.05, 4.69) is 4.74 Å². The predicted octanol–water partition coefficient (Wildman–Crippen LogP) is 2.18. The largest absolute Gasteiger partial charge is 0.497 e. The van der Waals surface area contributed by atoms with Crippen LogP contribution in [0.4, 0.5) is 4.79 Å². The third kappa shape index (κ3) is 3.48. The molecule has 0 aliphatic carbocycles. The molecule has 1 aromatic carbocycles. The van der Waals surface area contributed by atoms with Gasteiger partial charge in [0.1, 0.15) is 11.3 Å². The lowest BCUT2D eigenvalue weighted by Gasteiger charge is -2.11. The first-order valence-corrected chi connectivity index (χ1v) is 7.04. The Morgan fingerprint density at radius 1 is 1.21 bits per heavy atom. The molecule has 0 aliphatic rings. The van der Waals surface area contributed by atoms with Gasteiger partial charge in [0, 0.05) is 10.9 Å². The van der Waals surface area contributed by atoms with E-state index in [1.165, 1.54) is 14.0 Å². The number of carbonyl (C=O) groups excluding carboxylic acids is 3. The minimum absolute atomic E-state index is 0.0176. The van der Waals surface area contributed by atoms with E-state index in [1.54, 1.807) is 25.1 Å². The highest BCUT2D eigenvalue weighted by molar-refractivity contribution is 5.99. The maximum Gasteiger partial charge on any atom is 0.413 e. The number of benzene rings is 1. The minimum atomic E-state index is -1.20. The molecule has 128 valence electrons. The van der Waals surface area contributed by atoms with Crippen molar-refractivity contribution in [3.63, 3.8) is 0 Å². The number of imide groups is 1. The first-order valence-electron chi connectivity index (χ1n) is 7.04. The zero-order valence-electron chi connectivity index (χ0n) is 13.7. The number of furan rings is 1. The molecule has 0 aliphatic heterocycles. The van der Waals surface area contributed by atoms with Gasteiger partial charge < -0.3 is 18.6 Å². The Bertz CT molecular complexity index is 793. The topological polar surface area (TPSA) is 104 Å². The van der Waals surface area contributed by atoms with Gasteiger partial charge in [0.25, 0.3) is 5.91 Å². The molecule has 0 spiro atoms. The number of aryl methyl sites for hydroxylation is 1. The number of nitrogens with one attached hydrogen (secondary N) is 1. The lowest BCUT2D eigenvalue weighted by atomic mass is 10.1. The third-order valence-electron chi connectivity index (χ3n) is 3.39. The molecule has 0 saturated heterocycles. The average Bonchev–Trinajstić information content (AvgIpc) is 2.90. The van der Waals surface area contributed by atoms with Gasteiger partial charge in [-0.05, 0) is 32.0 Å². The van der Waals surface area contributed by atoms with E-state index in [1.807, 2.05) is 5.32 Å². The second kappa shape index (κ2) is 7.03. The van der Waals surface area contributed by atoms with Gasteiger partial charge >= 0.3 is 12.1 Å². The number of rotatable bonds is 4. The number of hydrogen-bond donors (Lipinski definition) is 1. The van der Waals surface area contributed by atoms with Gasteiger partial charge in [-0.1, -0.05) is 0 Å². The second-order valence-corrected chi connectivity index (χ2v) is 4.95. The molecule has 0 unspecified atom stereocenters. The van der Waals surface area contributed by atoms with Crippen LogP contribution in [0.15, 0.2) is 22.6 Å². The molecule has 8 nitrogen and oxygen atoms in total. The fourth-order valence-electron chi connectivity index (χ4n) is 2.04. The van der Waals surface area contributed by atoms with Gasteiger partial charge in [0.2, 0.25) is 5.76 Å². The van der Waals surface area contributed by atoms with Crippen LogP contribution in [0.1, 0.15) is 23.0 Å². The zero-order valence-corrected chi connectivity index (χ0v) is 13.7. The van der Waals surface area contributed by atoms with E-state index in [0.29, 0.717) is 22.3 Å². The summed E-state index contributed by atoms with van der Waals surface area (Å²) in [6.45, 7) is 3.03. The number of hydrogen-bond acceptors (Lipinski definition) is 7. The summed E-state index contributed by atoms with van der Waals surface area (Å²) in [5, 5.41) is 2.62. The smallest absolute Gasteiger partial charge is 0.413 e. The maximum atomic E-state index is 12.2. The van der Waals surface area contributed by atoms with Gasteiger partial charge in [-0.25, -0.2) is 9.59 Å². The number of methoxy groups -OCH3 is 2. The van der Waals surface area contributed by atoms with Crippen LogP contribution in [0.3, 0.4) is 0 Å². The predicted molar refractivity (Wildman–Crippen MR) is 82.9 cm³/mol. The van der Waals surface area contributed by atoms with E-state index >= 15 is 0 Å². The normalized spacial score (nSPS) is 11.7. The van der Waals surface area contributed by atoms with Crippen molar-refractivity contribution in [1.82, 2.24) is 5.32 Å². The molecule has 0 bridgehead atoms. The number of amides is 2. The lowest BCUT2D eigenvalue weighted by molar-refractivity contribution is -0.128. The van der Waals surface area contributed by atoms with Gasteiger partial charge in [0.05, 0.1) is 14.2 Å². The number of carbonyl (C=O) groups is 3. The second-order valence-electron chi connectivity index (χ2n) is 4.95. The molecule has 1 heterocycles. The van der Waals surface area contributed by atoms with Crippen molar-refractivity contribution >= 4 is 28.9 Å². The standard InChI is InChI=1S/C16H17NO7/c1-8-11-7-10(21-3)5-6-12(11)24-13(8)15(19)23-9(2)14(18)17-16(20)22-4/h5-7,9H,1-4H3,(H,17,18,20)/t9-/m1/s1. The molecule has 2 rings (SSSR count). The maximum absolute atomic E-state index is 12.2. The Balaban J connectivity index is 2.18. The Hall–Kier alpha value is -3.03. The molecule has 8 heteroatoms. The van der Waals surface area contributed by atoms with Crippen LogP contribution in [0.5, 0.6) is 5.75 Å². The van der Waals surface area contributed by atoms with Crippen LogP contribution >= 0.6 is 0 Å². The van der Waals surface area contributed by atoms with Crippen molar-refractivity contribution in [2.24, 2.45) is 0 Å². The molecule has 2 aromatic rings. The average molecular weight is 335 g/mol. The molecule has 0 fully saturated rings. The van der Waals surface area contributed by atoms with E-state index < -0.39 is 24.1 Å². The molecule has 1 atom stereocenters. The highest BCUT2D eigenvalue weighted by atomic mass is 16.6. The highest BCUT2D eigenvalue weighted by Gasteiger charge is 2.25. The quantitative estimate of drug-likeness (QED) is 0.854. The number of alkyl carbamates (subject to hydrolysis) is 1. The van der Waals surface area contributed by atoms with Crippen molar-refractivity contribution in [3.05, 3.63) is 29.5 Å². The van der Waals surface area contributed by atoms with Gasteiger partial charge in [0.15, 0.2) is 6.10 Å². The number of esters is 1. The Labute approximate surface area is 137 Å². The Morgan fingerprint density at radius 3 is 2.54 bits per heavy atom. The molecule has 1 aromatic heterocycles. The number of fused-ring (bicyclic) bond motifs is 1. The van der Waals surface area contributed by atoms with Crippen molar-refractivity contribution in [1.29, 1.82) is 0 Å². The molecule has 2 amide bonds. The monoisotopic (exact) mass is 335 g/mol. The number of ether oxygens (including phenoxy) is 3. The summed E-state index contributed by atoms with van der Waals surface area (Å²) in [7, 11) is 2.65. The SMILES string of the molecule is COC(=O)NC(=O)[C@@H](C)OC(=O)c1oc2ccc(OC)cc2c1C. The summed E-state index contributed by atoms with van der Waals surface area (Å²) in [6, 6.07) is 5.11.